The van der Waals surface area contributed by atoms with Crippen molar-refractivity contribution in [3.8, 4) is 5.75 Å². The first-order valence-corrected chi connectivity index (χ1v) is 15.3. The number of nitrogens with one attached hydrogen (secondary N) is 2. The van der Waals surface area contributed by atoms with Crippen LogP contribution in [-0.2, 0) is 22.4 Å². The van der Waals surface area contributed by atoms with Crippen molar-refractivity contribution >= 4 is 27.7 Å². The summed E-state index contributed by atoms with van der Waals surface area (Å²) in [6, 6.07) is 35.5. The first kappa shape index (κ1) is 30.5. The Bertz CT molecular complexity index is 1480. The second-order valence-electron chi connectivity index (χ2n) is 10.5. The summed E-state index contributed by atoms with van der Waals surface area (Å²) in [5.41, 5.74) is 8.67. The van der Waals surface area contributed by atoms with Crippen LogP contribution in [-0.4, -0.2) is 42.2 Å². The Morgan fingerprint density at radius 3 is 2.28 bits per heavy atom. The normalized spacial score (nSPS) is 17.6. The van der Waals surface area contributed by atoms with E-state index in [0.29, 0.717) is 37.6 Å². The van der Waals surface area contributed by atoms with E-state index >= 15 is 0 Å². The predicted molar refractivity (Wildman–Crippen MR) is 172 cm³/mol. The van der Waals surface area contributed by atoms with Crippen molar-refractivity contribution in [2.75, 3.05) is 19.8 Å². The van der Waals surface area contributed by atoms with E-state index in [1.807, 2.05) is 97.1 Å². The molecule has 43 heavy (non-hydrogen) atoms. The molecule has 7 nitrogen and oxygen atoms in total. The summed E-state index contributed by atoms with van der Waals surface area (Å²) in [5, 5.41) is 9.04. The Hall–Kier alpha value is -3.98. The van der Waals surface area contributed by atoms with Gasteiger partial charge in [0.05, 0.1) is 6.61 Å². The Labute approximate surface area is 261 Å². The highest BCUT2D eigenvalue weighted by atomic mass is 79.9. The molecule has 0 saturated heterocycles. The van der Waals surface area contributed by atoms with Gasteiger partial charge in [-0.05, 0) is 65.9 Å². The van der Waals surface area contributed by atoms with Crippen LogP contribution in [0.1, 0.15) is 41.2 Å². The molecule has 0 aliphatic carbocycles. The third kappa shape index (κ3) is 7.90. The molecule has 1 aliphatic heterocycles. The summed E-state index contributed by atoms with van der Waals surface area (Å²) in [4.78, 5) is 19.3. The molecule has 0 bridgehead atoms. The number of aliphatic hydroxyl groups excluding tert-OH is 1. The third-order valence-corrected chi connectivity index (χ3v) is 7.86. The number of nitrogens with zero attached hydrogens (tertiary/aromatic N) is 1. The van der Waals surface area contributed by atoms with Crippen molar-refractivity contribution < 1.29 is 19.4 Å². The van der Waals surface area contributed by atoms with Gasteiger partial charge in [-0.25, -0.2) is 10.4 Å². The van der Waals surface area contributed by atoms with Gasteiger partial charge in [0.15, 0.2) is 11.6 Å². The molecule has 0 unspecified atom stereocenters. The lowest BCUT2D eigenvalue weighted by Gasteiger charge is -2.31. The van der Waals surface area contributed by atoms with E-state index in [2.05, 4.69) is 38.9 Å². The molecule has 0 aromatic heterocycles. The number of hydrogen-bond acceptors (Lipinski definition) is 6. The van der Waals surface area contributed by atoms with E-state index in [0.717, 1.165) is 34.0 Å². The number of amides is 1. The van der Waals surface area contributed by atoms with Gasteiger partial charge in [0.2, 0.25) is 5.90 Å². The molecule has 0 saturated carbocycles. The maximum atomic E-state index is 14.2. The van der Waals surface area contributed by atoms with Gasteiger partial charge in [-0.1, -0.05) is 88.7 Å². The summed E-state index contributed by atoms with van der Waals surface area (Å²) in [7, 11) is 0. The maximum Gasteiger partial charge on any atom is 0.266 e. The summed E-state index contributed by atoms with van der Waals surface area (Å²) in [6.07, 6.45) is 2.02. The molecule has 1 aliphatic rings. The van der Waals surface area contributed by atoms with Crippen LogP contribution in [0.4, 0.5) is 0 Å². The van der Waals surface area contributed by atoms with Crippen LogP contribution in [0.2, 0.25) is 0 Å². The number of rotatable bonds is 14. The summed E-state index contributed by atoms with van der Waals surface area (Å²) in [6.45, 7) is 1.12. The molecule has 3 N–H and O–H groups in total. The summed E-state index contributed by atoms with van der Waals surface area (Å²) < 4.78 is 13.2. The van der Waals surface area contributed by atoms with Crippen LogP contribution in [0.3, 0.4) is 0 Å². The molecule has 222 valence electrons. The fourth-order valence-corrected chi connectivity index (χ4v) is 5.36. The number of aliphatic imine (C=N–C) groups is 1. The molecule has 4 aromatic rings. The van der Waals surface area contributed by atoms with Gasteiger partial charge in [0.25, 0.3) is 5.91 Å². The van der Waals surface area contributed by atoms with Crippen molar-refractivity contribution in [3.05, 3.63) is 136 Å². The van der Waals surface area contributed by atoms with Crippen LogP contribution in [0, 0.1) is 0 Å². The SMILES string of the molecule is O=C(NNCCCc1ccccc1)[C@@]1(Cc2ccc(Br)cc2)N=C(c2ccc(OCCCO)cc2)O[C@H]1c1ccccc1. The number of halogens is 1. The van der Waals surface area contributed by atoms with Crippen LogP contribution in [0.15, 0.2) is 119 Å². The van der Waals surface area contributed by atoms with E-state index in [4.69, 9.17) is 19.6 Å². The number of benzene rings is 4. The minimum absolute atomic E-state index is 0.0774. The monoisotopic (exact) mass is 641 g/mol. The number of hydrazine groups is 1. The Morgan fingerprint density at radius 2 is 1.58 bits per heavy atom. The highest BCUT2D eigenvalue weighted by Gasteiger charge is 2.53. The fraction of sp³-hybridized carbons (Fsp3) is 0.257. The van der Waals surface area contributed by atoms with Crippen LogP contribution >= 0.6 is 15.9 Å². The summed E-state index contributed by atoms with van der Waals surface area (Å²) in [5.74, 6) is 0.823. The van der Waals surface area contributed by atoms with Crippen molar-refractivity contribution in [1.29, 1.82) is 0 Å². The van der Waals surface area contributed by atoms with Crippen LogP contribution < -0.4 is 15.6 Å². The molecule has 0 radical (unpaired) electrons. The van der Waals surface area contributed by atoms with Crippen molar-refractivity contribution in [2.45, 2.75) is 37.3 Å². The number of hydrogen-bond donors (Lipinski definition) is 3. The smallest absolute Gasteiger partial charge is 0.266 e. The molecule has 0 spiro atoms. The zero-order valence-electron chi connectivity index (χ0n) is 23.9. The van der Waals surface area contributed by atoms with Gasteiger partial charge in [-0.3, -0.25) is 10.2 Å². The van der Waals surface area contributed by atoms with Gasteiger partial charge >= 0.3 is 0 Å². The number of ether oxygens (including phenoxy) is 2. The quantitative estimate of drug-likeness (QED) is 0.117. The van der Waals surface area contributed by atoms with Crippen LogP contribution in [0.5, 0.6) is 5.75 Å². The third-order valence-electron chi connectivity index (χ3n) is 7.33. The molecular formula is C35H36BrN3O4. The van der Waals surface area contributed by atoms with Gasteiger partial charge in [0, 0.05) is 36.0 Å². The number of carbonyl (C=O) groups excluding carboxylic acids is 1. The predicted octanol–water partition coefficient (Wildman–Crippen LogP) is 5.96. The fourth-order valence-electron chi connectivity index (χ4n) is 5.10. The average Bonchev–Trinajstić information content (AvgIpc) is 3.44. The lowest BCUT2D eigenvalue weighted by molar-refractivity contribution is -0.130. The van der Waals surface area contributed by atoms with E-state index in [-0.39, 0.29) is 12.5 Å². The molecule has 1 amide bonds. The minimum Gasteiger partial charge on any atom is -0.494 e. The van der Waals surface area contributed by atoms with E-state index in [1.54, 1.807) is 0 Å². The largest absolute Gasteiger partial charge is 0.494 e. The zero-order chi connectivity index (χ0) is 29.9. The van der Waals surface area contributed by atoms with Crippen molar-refractivity contribution in [2.24, 2.45) is 4.99 Å². The molecule has 5 rings (SSSR count). The van der Waals surface area contributed by atoms with Gasteiger partial charge < -0.3 is 14.6 Å². The number of aryl methyl sites for hydroxylation is 1. The lowest BCUT2D eigenvalue weighted by atomic mass is 9.82. The molecule has 2 atom stereocenters. The molecule has 8 heteroatoms. The maximum absolute atomic E-state index is 14.2. The highest BCUT2D eigenvalue weighted by molar-refractivity contribution is 9.10. The lowest BCUT2D eigenvalue weighted by Crippen LogP contribution is -2.54. The van der Waals surface area contributed by atoms with Crippen molar-refractivity contribution in [1.82, 2.24) is 10.9 Å². The van der Waals surface area contributed by atoms with Crippen molar-refractivity contribution in [3.63, 3.8) is 0 Å². The Kier molecular flexibility index (Phi) is 10.6. The van der Waals surface area contributed by atoms with Gasteiger partial charge in [-0.15, -0.1) is 0 Å². The molecule has 0 fully saturated rings. The highest BCUT2D eigenvalue weighted by Crippen LogP contribution is 2.42. The van der Waals surface area contributed by atoms with Gasteiger partial charge in [-0.2, -0.15) is 0 Å². The first-order valence-electron chi connectivity index (χ1n) is 14.5. The first-order chi connectivity index (χ1) is 21.1. The minimum atomic E-state index is -1.27. The summed E-state index contributed by atoms with van der Waals surface area (Å²) >= 11 is 3.52. The number of aliphatic hydroxyl groups is 1. The zero-order valence-corrected chi connectivity index (χ0v) is 25.5. The topological polar surface area (TPSA) is 92.2 Å². The van der Waals surface area contributed by atoms with Crippen LogP contribution in [0.25, 0.3) is 0 Å². The van der Waals surface area contributed by atoms with Gasteiger partial charge in [0.1, 0.15) is 5.75 Å². The Morgan fingerprint density at radius 1 is 0.884 bits per heavy atom. The van der Waals surface area contributed by atoms with E-state index in [1.165, 1.54) is 5.56 Å². The molecular weight excluding hydrogens is 606 g/mol. The molecule has 4 aromatic carbocycles. The number of carbonyl (C=O) groups is 1. The standard InChI is InChI=1S/C35H36BrN3O4/c36-30-18-14-27(15-19-30)25-35(34(41)39-37-22-7-11-26-9-3-1-4-10-26)32(28-12-5-2-6-13-28)43-33(38-35)29-16-20-31(21-17-29)42-24-8-23-40/h1-6,9-10,12-21,32,37,40H,7-8,11,22-25H2,(H,39,41)/t32-,35-/m0/s1. The Balaban J connectivity index is 1.42. The second-order valence-corrected chi connectivity index (χ2v) is 11.4. The average molecular weight is 643 g/mol. The second kappa shape index (κ2) is 15.0. The van der Waals surface area contributed by atoms with E-state index in [9.17, 15) is 4.79 Å². The van der Waals surface area contributed by atoms with E-state index < -0.39 is 11.6 Å². The molecule has 1 heterocycles.